The lowest BCUT2D eigenvalue weighted by molar-refractivity contribution is 0.0471. The van der Waals surface area contributed by atoms with Crippen LogP contribution < -0.4 is 5.32 Å². The van der Waals surface area contributed by atoms with Crippen molar-refractivity contribution in [1.29, 1.82) is 0 Å². The van der Waals surface area contributed by atoms with Crippen LogP contribution in [0.3, 0.4) is 0 Å². The maximum absolute atomic E-state index is 9.49. The quantitative estimate of drug-likeness (QED) is 0.784. The number of aliphatic hydroxyl groups is 1. The zero-order chi connectivity index (χ0) is 12.3. The lowest BCUT2D eigenvalue weighted by Gasteiger charge is -2.42. The molecule has 3 heteroatoms. The van der Waals surface area contributed by atoms with Crippen LogP contribution in [0.2, 0.25) is 0 Å². The number of β-amino-alcohol motifs (C(OH)–C–C–N with tert-alkyl or cyclic N) is 1. The van der Waals surface area contributed by atoms with E-state index in [1.54, 1.807) is 0 Å². The number of rotatable bonds is 3. The van der Waals surface area contributed by atoms with Gasteiger partial charge in [-0.25, -0.2) is 0 Å². The molecule has 3 unspecified atom stereocenters. The van der Waals surface area contributed by atoms with Crippen molar-refractivity contribution < 1.29 is 5.11 Å². The van der Waals surface area contributed by atoms with Crippen molar-refractivity contribution in [2.45, 2.75) is 51.7 Å². The van der Waals surface area contributed by atoms with Crippen LogP contribution in [0.5, 0.6) is 0 Å². The average Bonchev–Trinajstić information content (AvgIpc) is 2.32. The van der Waals surface area contributed by atoms with Gasteiger partial charge in [0.05, 0.1) is 6.10 Å². The van der Waals surface area contributed by atoms with E-state index in [0.717, 1.165) is 18.4 Å². The highest BCUT2D eigenvalue weighted by molar-refractivity contribution is 4.85. The molecule has 0 radical (unpaired) electrons. The number of nitrogens with zero attached hydrogens (tertiary/aromatic N) is 1. The predicted molar refractivity (Wildman–Crippen MR) is 71.0 cm³/mol. The number of hydrogen-bond donors (Lipinski definition) is 2. The summed E-state index contributed by atoms with van der Waals surface area (Å²) in [6.07, 6.45) is 5.22. The molecule has 0 aliphatic carbocycles. The Labute approximate surface area is 106 Å². The van der Waals surface area contributed by atoms with Crippen LogP contribution >= 0.6 is 0 Å². The van der Waals surface area contributed by atoms with Crippen molar-refractivity contribution in [2.75, 3.05) is 26.2 Å². The van der Waals surface area contributed by atoms with Gasteiger partial charge in [0, 0.05) is 12.6 Å². The van der Waals surface area contributed by atoms with Crippen LogP contribution in [0.15, 0.2) is 0 Å². The highest BCUT2D eigenvalue weighted by atomic mass is 16.3. The van der Waals surface area contributed by atoms with Crippen LogP contribution in [-0.2, 0) is 0 Å². The van der Waals surface area contributed by atoms with E-state index in [2.05, 4.69) is 17.1 Å². The average molecular weight is 240 g/mol. The molecule has 0 saturated carbocycles. The third-order valence-corrected chi connectivity index (χ3v) is 4.60. The molecule has 100 valence electrons. The summed E-state index contributed by atoms with van der Waals surface area (Å²) in [6.45, 7) is 8.68. The fourth-order valence-corrected chi connectivity index (χ4v) is 3.61. The van der Waals surface area contributed by atoms with Crippen LogP contribution in [-0.4, -0.2) is 48.3 Å². The molecule has 2 rings (SSSR count). The number of piperidine rings is 2. The molecule has 0 amide bonds. The first kappa shape index (κ1) is 13.3. The summed E-state index contributed by atoms with van der Waals surface area (Å²) >= 11 is 0. The van der Waals surface area contributed by atoms with E-state index in [4.69, 9.17) is 0 Å². The Morgan fingerprint density at radius 2 is 1.94 bits per heavy atom. The van der Waals surface area contributed by atoms with E-state index < -0.39 is 0 Å². The molecule has 2 heterocycles. The maximum atomic E-state index is 9.49. The van der Waals surface area contributed by atoms with E-state index in [0.29, 0.717) is 6.04 Å². The van der Waals surface area contributed by atoms with Gasteiger partial charge in [0.15, 0.2) is 0 Å². The van der Waals surface area contributed by atoms with Crippen LogP contribution in [0.1, 0.15) is 39.5 Å². The third-order valence-electron chi connectivity index (χ3n) is 4.60. The molecule has 0 aromatic heterocycles. The second-order valence-corrected chi connectivity index (χ2v) is 6.06. The zero-order valence-corrected chi connectivity index (χ0v) is 11.4. The van der Waals surface area contributed by atoms with E-state index in [1.165, 1.54) is 45.3 Å². The van der Waals surface area contributed by atoms with Crippen molar-refractivity contribution in [3.8, 4) is 0 Å². The predicted octanol–water partition coefficient (Wildman–Crippen LogP) is 1.47. The molecular weight excluding hydrogens is 212 g/mol. The molecule has 0 aromatic carbocycles. The first-order valence-corrected chi connectivity index (χ1v) is 7.29. The fraction of sp³-hybridized carbons (Fsp3) is 1.00. The molecule has 2 aliphatic heterocycles. The monoisotopic (exact) mass is 240 g/mol. The van der Waals surface area contributed by atoms with Crippen LogP contribution in [0.25, 0.3) is 0 Å². The second-order valence-electron chi connectivity index (χ2n) is 6.06. The van der Waals surface area contributed by atoms with Crippen molar-refractivity contribution in [2.24, 2.45) is 11.8 Å². The maximum Gasteiger partial charge on any atom is 0.0639 e. The van der Waals surface area contributed by atoms with Crippen molar-refractivity contribution in [1.82, 2.24) is 10.2 Å². The van der Waals surface area contributed by atoms with Gasteiger partial charge in [-0.15, -0.1) is 0 Å². The fourth-order valence-electron chi connectivity index (χ4n) is 3.61. The van der Waals surface area contributed by atoms with E-state index in [1.807, 2.05) is 6.92 Å². The smallest absolute Gasteiger partial charge is 0.0639 e. The second kappa shape index (κ2) is 6.17. The molecule has 2 N–H and O–H groups in total. The van der Waals surface area contributed by atoms with Gasteiger partial charge < -0.3 is 10.4 Å². The molecule has 0 bridgehead atoms. The zero-order valence-electron chi connectivity index (χ0n) is 11.4. The number of likely N-dealkylation sites (tertiary alicyclic amines) is 1. The molecule has 0 spiro atoms. The topological polar surface area (TPSA) is 35.5 Å². The summed E-state index contributed by atoms with van der Waals surface area (Å²) in [5.74, 6) is 1.88. The summed E-state index contributed by atoms with van der Waals surface area (Å²) < 4.78 is 0. The van der Waals surface area contributed by atoms with Crippen LogP contribution in [0, 0.1) is 11.8 Å². The third kappa shape index (κ3) is 3.67. The Bertz CT molecular complexity index is 226. The molecule has 2 fully saturated rings. The van der Waals surface area contributed by atoms with Gasteiger partial charge in [0.25, 0.3) is 0 Å². The molecule has 2 aliphatic rings. The highest BCUT2D eigenvalue weighted by Gasteiger charge is 2.31. The minimum Gasteiger partial charge on any atom is -0.392 e. The summed E-state index contributed by atoms with van der Waals surface area (Å²) in [4.78, 5) is 2.46. The lowest BCUT2D eigenvalue weighted by atomic mass is 9.77. The first-order chi connectivity index (χ1) is 8.16. The van der Waals surface area contributed by atoms with E-state index in [9.17, 15) is 5.11 Å². The Morgan fingerprint density at radius 1 is 1.24 bits per heavy atom. The minimum atomic E-state index is -0.187. The number of hydrogen-bond acceptors (Lipinski definition) is 3. The molecule has 17 heavy (non-hydrogen) atoms. The minimum absolute atomic E-state index is 0.187. The van der Waals surface area contributed by atoms with E-state index in [-0.39, 0.29) is 6.10 Å². The summed E-state index contributed by atoms with van der Waals surface area (Å²) in [5, 5.41) is 12.9. The van der Waals surface area contributed by atoms with Crippen molar-refractivity contribution in [3.63, 3.8) is 0 Å². The van der Waals surface area contributed by atoms with Gasteiger partial charge in [-0.2, -0.15) is 0 Å². The summed E-state index contributed by atoms with van der Waals surface area (Å²) in [7, 11) is 0. The molecule has 3 atom stereocenters. The Morgan fingerprint density at radius 3 is 2.53 bits per heavy atom. The van der Waals surface area contributed by atoms with Gasteiger partial charge in [-0.05, 0) is 71.0 Å². The highest BCUT2D eigenvalue weighted by Crippen LogP contribution is 2.33. The van der Waals surface area contributed by atoms with Gasteiger partial charge in [-0.3, -0.25) is 4.90 Å². The standard InChI is InChI=1S/C14H28N2O/c1-11-9-14(13-3-6-15-7-4-13)5-8-16(11)10-12(2)17/h11-15,17H,3-10H2,1-2H3. The van der Waals surface area contributed by atoms with Gasteiger partial charge in [0.2, 0.25) is 0 Å². The first-order valence-electron chi connectivity index (χ1n) is 7.29. The van der Waals surface area contributed by atoms with Crippen molar-refractivity contribution >= 4 is 0 Å². The van der Waals surface area contributed by atoms with Gasteiger partial charge in [0.1, 0.15) is 0 Å². The lowest BCUT2D eigenvalue weighted by Crippen LogP contribution is -2.46. The van der Waals surface area contributed by atoms with Gasteiger partial charge >= 0.3 is 0 Å². The molecule has 0 aromatic rings. The Hall–Kier alpha value is -0.120. The SMILES string of the molecule is CC(O)CN1CCC(C2CCNCC2)CC1C. The number of nitrogens with one attached hydrogen (secondary N) is 1. The van der Waals surface area contributed by atoms with Crippen LogP contribution in [0.4, 0.5) is 0 Å². The molecule has 2 saturated heterocycles. The van der Waals surface area contributed by atoms with Crippen molar-refractivity contribution in [3.05, 3.63) is 0 Å². The summed E-state index contributed by atoms with van der Waals surface area (Å²) in [6, 6.07) is 0.651. The number of aliphatic hydroxyl groups excluding tert-OH is 1. The molecule has 3 nitrogen and oxygen atoms in total. The van der Waals surface area contributed by atoms with Gasteiger partial charge in [-0.1, -0.05) is 0 Å². The Balaban J connectivity index is 1.81. The molecular formula is C14H28N2O. The largest absolute Gasteiger partial charge is 0.392 e. The normalized spacial score (nSPS) is 34.8. The summed E-state index contributed by atoms with van der Waals surface area (Å²) in [5.41, 5.74) is 0. The Kier molecular flexibility index (Phi) is 4.83. The van der Waals surface area contributed by atoms with E-state index >= 15 is 0 Å².